The number of nitrogens with zero attached hydrogens (tertiary/aromatic N) is 1. The molecule has 1 aromatic carbocycles. The molecule has 108 valence electrons. The third-order valence-electron chi connectivity index (χ3n) is 3.30. The van der Waals surface area contributed by atoms with E-state index in [1.165, 1.54) is 10.9 Å². The van der Waals surface area contributed by atoms with Crippen LogP contribution in [0.5, 0.6) is 0 Å². The Balaban J connectivity index is 2.31. The molecule has 1 atom stereocenters. The number of hydrogen-bond acceptors (Lipinski definition) is 4. The lowest BCUT2D eigenvalue weighted by Gasteiger charge is -2.13. The van der Waals surface area contributed by atoms with Crippen LogP contribution < -0.4 is 5.73 Å². The average molecular weight is 290 g/mol. The summed E-state index contributed by atoms with van der Waals surface area (Å²) < 4.78 is 5.12. The van der Waals surface area contributed by atoms with Gasteiger partial charge < -0.3 is 10.5 Å². The molecule has 1 aromatic heterocycles. The number of rotatable bonds is 7. The van der Waals surface area contributed by atoms with Gasteiger partial charge in [0.15, 0.2) is 0 Å². The second kappa shape index (κ2) is 7.62. The first-order valence-corrected chi connectivity index (χ1v) is 7.99. The normalized spacial score (nSPS) is 12.8. The summed E-state index contributed by atoms with van der Waals surface area (Å²) in [6.45, 7) is 2.86. The van der Waals surface area contributed by atoms with Crippen molar-refractivity contribution in [2.75, 3.05) is 19.5 Å². The summed E-state index contributed by atoms with van der Waals surface area (Å²) in [5.74, 6) is 0.913. The molecule has 0 saturated heterocycles. The number of aromatic nitrogens is 1. The summed E-state index contributed by atoms with van der Waals surface area (Å²) in [6.07, 6.45) is 1.86. The minimum Gasteiger partial charge on any atom is -0.384 e. The predicted molar refractivity (Wildman–Crippen MR) is 86.3 cm³/mol. The molecule has 0 spiro atoms. The summed E-state index contributed by atoms with van der Waals surface area (Å²) in [5, 5.41) is 2.27. The monoisotopic (exact) mass is 290 g/mol. The molecule has 1 heterocycles. The van der Waals surface area contributed by atoms with Crippen LogP contribution in [0, 0.1) is 0 Å². The quantitative estimate of drug-likeness (QED) is 0.628. The Morgan fingerprint density at radius 1 is 1.35 bits per heavy atom. The Hall–Kier alpha value is -1.10. The Bertz CT molecular complexity index is 559. The van der Waals surface area contributed by atoms with E-state index in [0.29, 0.717) is 0 Å². The number of methoxy groups -OCH3 is 1. The smallest absolute Gasteiger partial charge is 0.100 e. The first-order chi connectivity index (χ1) is 9.74. The van der Waals surface area contributed by atoms with Crippen molar-refractivity contribution < 1.29 is 4.74 Å². The van der Waals surface area contributed by atoms with E-state index in [1.54, 1.807) is 18.9 Å². The summed E-state index contributed by atoms with van der Waals surface area (Å²) in [5.41, 5.74) is 8.40. The zero-order chi connectivity index (χ0) is 14.4. The maximum absolute atomic E-state index is 6.11. The van der Waals surface area contributed by atoms with Crippen molar-refractivity contribution in [1.29, 1.82) is 0 Å². The van der Waals surface area contributed by atoms with Crippen LogP contribution in [0.1, 0.15) is 18.9 Å². The Morgan fingerprint density at radius 2 is 2.15 bits per heavy atom. The highest BCUT2D eigenvalue weighted by molar-refractivity contribution is 7.99. The van der Waals surface area contributed by atoms with Crippen LogP contribution in [0.25, 0.3) is 10.9 Å². The topological polar surface area (TPSA) is 48.1 Å². The van der Waals surface area contributed by atoms with Crippen LogP contribution in [0.2, 0.25) is 0 Å². The lowest BCUT2D eigenvalue weighted by Crippen LogP contribution is -2.22. The van der Waals surface area contributed by atoms with Crippen molar-refractivity contribution >= 4 is 22.7 Å². The molecule has 2 rings (SSSR count). The maximum Gasteiger partial charge on any atom is 0.100 e. The standard InChI is InChI=1S/C16H22N2OS/c1-3-14(17)11-13-10-12-6-4-5-7-15(12)18-16(13)20-9-8-19-2/h4-7,10,14H,3,8-9,11,17H2,1-2H3. The van der Waals surface area contributed by atoms with Gasteiger partial charge in [0.05, 0.1) is 12.1 Å². The third-order valence-corrected chi connectivity index (χ3v) is 4.29. The van der Waals surface area contributed by atoms with Crippen molar-refractivity contribution in [2.45, 2.75) is 30.8 Å². The van der Waals surface area contributed by atoms with Crippen LogP contribution in [-0.4, -0.2) is 30.5 Å². The Kier molecular flexibility index (Phi) is 5.83. The molecule has 0 bridgehead atoms. The van der Waals surface area contributed by atoms with Crippen molar-refractivity contribution in [1.82, 2.24) is 4.98 Å². The SMILES string of the molecule is CCC(N)Cc1cc2ccccc2nc1SCCOC. The number of thioether (sulfide) groups is 1. The number of para-hydroxylation sites is 1. The Labute approximate surface area is 124 Å². The van der Waals surface area contributed by atoms with Crippen molar-refractivity contribution in [3.63, 3.8) is 0 Å². The average Bonchev–Trinajstić information content (AvgIpc) is 2.47. The third kappa shape index (κ3) is 3.95. The van der Waals surface area contributed by atoms with Crippen LogP contribution in [-0.2, 0) is 11.2 Å². The van der Waals surface area contributed by atoms with E-state index in [2.05, 4.69) is 25.1 Å². The molecule has 0 aliphatic carbocycles. The fourth-order valence-corrected chi connectivity index (χ4v) is 3.00. The molecule has 0 aliphatic heterocycles. The first kappa shape index (κ1) is 15.3. The largest absolute Gasteiger partial charge is 0.384 e. The number of fused-ring (bicyclic) bond motifs is 1. The molecular formula is C16H22N2OS. The predicted octanol–water partition coefficient (Wildman–Crippen LogP) is 3.25. The minimum absolute atomic E-state index is 0.194. The fraction of sp³-hybridized carbons (Fsp3) is 0.438. The van der Waals surface area contributed by atoms with Gasteiger partial charge in [-0.05, 0) is 30.5 Å². The van der Waals surface area contributed by atoms with Crippen LogP contribution in [0.15, 0.2) is 35.4 Å². The molecule has 2 aromatic rings. The van der Waals surface area contributed by atoms with E-state index < -0.39 is 0 Å². The number of ether oxygens (including phenoxy) is 1. The van der Waals surface area contributed by atoms with Crippen LogP contribution in [0.4, 0.5) is 0 Å². The Morgan fingerprint density at radius 3 is 2.90 bits per heavy atom. The minimum atomic E-state index is 0.194. The molecule has 0 fully saturated rings. The van der Waals surface area contributed by atoms with E-state index in [1.807, 2.05) is 12.1 Å². The van der Waals surface area contributed by atoms with Gasteiger partial charge in [0, 0.05) is 24.3 Å². The van der Waals surface area contributed by atoms with Gasteiger partial charge in [0.1, 0.15) is 5.03 Å². The van der Waals surface area contributed by atoms with Gasteiger partial charge in [-0.1, -0.05) is 25.1 Å². The van der Waals surface area contributed by atoms with Crippen LogP contribution >= 0.6 is 11.8 Å². The highest BCUT2D eigenvalue weighted by atomic mass is 32.2. The molecule has 3 nitrogen and oxygen atoms in total. The van der Waals surface area contributed by atoms with Gasteiger partial charge in [0.2, 0.25) is 0 Å². The van der Waals surface area contributed by atoms with E-state index in [4.69, 9.17) is 15.5 Å². The van der Waals surface area contributed by atoms with Gasteiger partial charge >= 0.3 is 0 Å². The summed E-state index contributed by atoms with van der Waals surface area (Å²) in [4.78, 5) is 4.79. The fourth-order valence-electron chi connectivity index (χ4n) is 2.06. The van der Waals surface area contributed by atoms with Gasteiger partial charge in [-0.25, -0.2) is 4.98 Å². The van der Waals surface area contributed by atoms with Crippen molar-refractivity contribution in [2.24, 2.45) is 5.73 Å². The summed E-state index contributed by atoms with van der Waals surface area (Å²) in [6, 6.07) is 10.7. The molecule has 0 saturated carbocycles. The second-order valence-electron chi connectivity index (χ2n) is 4.86. The summed E-state index contributed by atoms with van der Waals surface area (Å²) >= 11 is 1.75. The second-order valence-corrected chi connectivity index (χ2v) is 5.94. The number of benzene rings is 1. The molecule has 1 unspecified atom stereocenters. The maximum atomic E-state index is 6.11. The molecule has 0 radical (unpaired) electrons. The van der Waals surface area contributed by atoms with E-state index >= 15 is 0 Å². The molecule has 4 heteroatoms. The number of nitrogens with two attached hydrogens (primary N) is 1. The van der Waals surface area contributed by atoms with E-state index in [9.17, 15) is 0 Å². The number of hydrogen-bond donors (Lipinski definition) is 1. The van der Waals surface area contributed by atoms with E-state index in [0.717, 1.165) is 35.7 Å². The van der Waals surface area contributed by atoms with Gasteiger partial charge in [0.25, 0.3) is 0 Å². The lowest BCUT2D eigenvalue weighted by molar-refractivity contribution is 0.218. The van der Waals surface area contributed by atoms with Crippen molar-refractivity contribution in [3.8, 4) is 0 Å². The number of pyridine rings is 1. The first-order valence-electron chi connectivity index (χ1n) is 7.00. The molecule has 0 aliphatic rings. The molecule has 2 N–H and O–H groups in total. The van der Waals surface area contributed by atoms with Gasteiger partial charge in [-0.3, -0.25) is 0 Å². The molecule has 0 amide bonds. The zero-order valence-corrected chi connectivity index (χ0v) is 13.0. The molecular weight excluding hydrogens is 268 g/mol. The highest BCUT2D eigenvalue weighted by Gasteiger charge is 2.10. The van der Waals surface area contributed by atoms with Crippen LogP contribution in [0.3, 0.4) is 0 Å². The highest BCUT2D eigenvalue weighted by Crippen LogP contribution is 2.26. The summed E-state index contributed by atoms with van der Waals surface area (Å²) in [7, 11) is 1.72. The lowest BCUT2D eigenvalue weighted by atomic mass is 10.0. The molecule has 20 heavy (non-hydrogen) atoms. The van der Waals surface area contributed by atoms with E-state index in [-0.39, 0.29) is 6.04 Å². The zero-order valence-electron chi connectivity index (χ0n) is 12.1. The van der Waals surface area contributed by atoms with Gasteiger partial charge in [-0.2, -0.15) is 0 Å². The van der Waals surface area contributed by atoms with Crippen molar-refractivity contribution in [3.05, 3.63) is 35.9 Å². The van der Waals surface area contributed by atoms with Gasteiger partial charge in [-0.15, -0.1) is 11.8 Å².